The van der Waals surface area contributed by atoms with Crippen LogP contribution in [0.5, 0.6) is 0 Å². The fourth-order valence-corrected chi connectivity index (χ4v) is 2.28. The van der Waals surface area contributed by atoms with E-state index in [9.17, 15) is 4.79 Å². The number of benzene rings is 1. The molecule has 21 heavy (non-hydrogen) atoms. The number of hydrogen-bond acceptors (Lipinski definition) is 4. The minimum atomic E-state index is -0.382. The lowest BCUT2D eigenvalue weighted by molar-refractivity contribution is 0.0600. The summed E-state index contributed by atoms with van der Waals surface area (Å²) >= 11 is 3.43. The monoisotopic (exact) mass is 351 g/mol. The molecule has 0 saturated heterocycles. The number of esters is 1. The Morgan fingerprint density at radius 3 is 2.76 bits per heavy atom. The molecule has 0 amide bonds. The van der Waals surface area contributed by atoms with Crippen LogP contribution in [0.3, 0.4) is 0 Å². The van der Waals surface area contributed by atoms with Gasteiger partial charge in [0.25, 0.3) is 0 Å². The Hall–Kier alpha value is -1.59. The van der Waals surface area contributed by atoms with Crippen molar-refractivity contribution in [2.24, 2.45) is 0 Å². The number of methoxy groups -OCH3 is 1. The molecule has 2 rings (SSSR count). The van der Waals surface area contributed by atoms with E-state index in [4.69, 9.17) is 4.42 Å². The summed E-state index contributed by atoms with van der Waals surface area (Å²) in [5.41, 5.74) is 1.71. The molecule has 112 valence electrons. The Bertz CT molecular complexity index is 592. The average molecular weight is 352 g/mol. The number of carbonyl (C=O) groups excluding carboxylic acids is 1. The Morgan fingerprint density at radius 1 is 1.38 bits per heavy atom. The van der Waals surface area contributed by atoms with E-state index in [1.807, 2.05) is 12.1 Å². The van der Waals surface area contributed by atoms with E-state index in [0.29, 0.717) is 18.2 Å². The van der Waals surface area contributed by atoms with Crippen LogP contribution in [-0.2, 0) is 17.7 Å². The third-order valence-corrected chi connectivity index (χ3v) is 3.68. The molecule has 0 bridgehead atoms. The quantitative estimate of drug-likeness (QED) is 0.808. The van der Waals surface area contributed by atoms with Gasteiger partial charge in [-0.3, -0.25) is 0 Å². The van der Waals surface area contributed by atoms with Crippen LogP contribution >= 0.6 is 15.9 Å². The standard InChI is InChI=1S/C16H18BrNO3/c1-11(7-12-3-5-14(17)6-4-12)18-9-15-8-13(10-21-15)16(19)20-2/h3-6,8,10-11,18H,7,9H2,1-2H3. The number of halogens is 1. The number of furan rings is 1. The van der Waals surface area contributed by atoms with Gasteiger partial charge in [0.1, 0.15) is 12.0 Å². The first-order valence-corrected chi connectivity index (χ1v) is 7.51. The first-order valence-electron chi connectivity index (χ1n) is 6.72. The number of hydrogen-bond donors (Lipinski definition) is 1. The van der Waals surface area contributed by atoms with Crippen LogP contribution in [0.15, 0.2) is 45.5 Å². The molecule has 1 unspecified atom stereocenters. The molecule has 0 fully saturated rings. The van der Waals surface area contributed by atoms with Gasteiger partial charge in [-0.05, 0) is 37.1 Å². The molecule has 0 spiro atoms. The lowest BCUT2D eigenvalue weighted by Crippen LogP contribution is -2.27. The molecule has 1 N–H and O–H groups in total. The molecular formula is C16H18BrNO3. The van der Waals surface area contributed by atoms with Crippen LogP contribution in [0.4, 0.5) is 0 Å². The second kappa shape index (κ2) is 7.43. The Kier molecular flexibility index (Phi) is 5.59. The molecule has 5 heteroatoms. The summed E-state index contributed by atoms with van der Waals surface area (Å²) in [4.78, 5) is 11.3. The molecule has 0 aliphatic carbocycles. The van der Waals surface area contributed by atoms with E-state index >= 15 is 0 Å². The van der Waals surface area contributed by atoms with Gasteiger partial charge in [-0.15, -0.1) is 0 Å². The molecule has 1 atom stereocenters. The Morgan fingerprint density at radius 2 is 2.10 bits per heavy atom. The van der Waals surface area contributed by atoms with Crippen LogP contribution in [0.2, 0.25) is 0 Å². The molecule has 2 aromatic rings. The van der Waals surface area contributed by atoms with Crippen LogP contribution in [-0.4, -0.2) is 19.1 Å². The van der Waals surface area contributed by atoms with Crippen molar-refractivity contribution in [1.82, 2.24) is 5.32 Å². The molecule has 0 radical (unpaired) electrons. The molecule has 4 nitrogen and oxygen atoms in total. The van der Waals surface area contributed by atoms with Crippen LogP contribution in [0, 0.1) is 0 Å². The Labute approximate surface area is 132 Å². The maximum absolute atomic E-state index is 11.3. The molecule has 0 saturated carbocycles. The molecule has 0 aliphatic heterocycles. The van der Waals surface area contributed by atoms with Gasteiger partial charge in [-0.1, -0.05) is 28.1 Å². The van der Waals surface area contributed by atoms with Gasteiger partial charge in [0, 0.05) is 10.5 Å². The van der Waals surface area contributed by atoms with Gasteiger partial charge >= 0.3 is 5.97 Å². The highest BCUT2D eigenvalue weighted by Gasteiger charge is 2.11. The van der Waals surface area contributed by atoms with Gasteiger partial charge < -0.3 is 14.5 Å². The molecular weight excluding hydrogens is 334 g/mol. The van der Waals surface area contributed by atoms with E-state index in [0.717, 1.165) is 16.7 Å². The fraction of sp³-hybridized carbons (Fsp3) is 0.312. The lowest BCUT2D eigenvalue weighted by atomic mass is 10.1. The topological polar surface area (TPSA) is 51.5 Å². The molecule has 0 aliphatic rings. The highest BCUT2D eigenvalue weighted by molar-refractivity contribution is 9.10. The van der Waals surface area contributed by atoms with Crippen molar-refractivity contribution < 1.29 is 13.9 Å². The maximum atomic E-state index is 11.3. The largest absolute Gasteiger partial charge is 0.467 e. The van der Waals surface area contributed by atoms with Crippen molar-refractivity contribution in [1.29, 1.82) is 0 Å². The summed E-state index contributed by atoms with van der Waals surface area (Å²) in [6, 6.07) is 10.3. The van der Waals surface area contributed by atoms with Crippen molar-refractivity contribution in [3.63, 3.8) is 0 Å². The van der Waals surface area contributed by atoms with Crippen LogP contribution < -0.4 is 5.32 Å². The summed E-state index contributed by atoms with van der Waals surface area (Å²) < 4.78 is 11.1. The smallest absolute Gasteiger partial charge is 0.341 e. The highest BCUT2D eigenvalue weighted by atomic mass is 79.9. The van der Waals surface area contributed by atoms with Gasteiger partial charge in [-0.25, -0.2) is 4.79 Å². The van der Waals surface area contributed by atoms with E-state index in [-0.39, 0.29) is 5.97 Å². The number of nitrogens with one attached hydrogen (secondary N) is 1. The van der Waals surface area contributed by atoms with E-state index in [2.05, 4.69) is 45.0 Å². The second-order valence-corrected chi connectivity index (χ2v) is 5.82. The normalized spacial score (nSPS) is 12.1. The number of rotatable bonds is 6. The first-order chi connectivity index (χ1) is 10.1. The van der Waals surface area contributed by atoms with Crippen molar-refractivity contribution in [3.8, 4) is 0 Å². The van der Waals surface area contributed by atoms with Gasteiger partial charge in [0.2, 0.25) is 0 Å². The second-order valence-electron chi connectivity index (χ2n) is 4.91. The zero-order valence-corrected chi connectivity index (χ0v) is 13.6. The minimum Gasteiger partial charge on any atom is -0.467 e. The predicted octanol–water partition coefficient (Wildman–Crippen LogP) is 3.55. The maximum Gasteiger partial charge on any atom is 0.341 e. The average Bonchev–Trinajstić information content (AvgIpc) is 2.96. The summed E-state index contributed by atoms with van der Waals surface area (Å²) in [5, 5.41) is 3.37. The van der Waals surface area contributed by atoms with Crippen LogP contribution in [0.1, 0.15) is 28.6 Å². The van der Waals surface area contributed by atoms with E-state index in [1.165, 1.54) is 18.9 Å². The predicted molar refractivity (Wildman–Crippen MR) is 84.2 cm³/mol. The van der Waals surface area contributed by atoms with Crippen molar-refractivity contribution in [3.05, 3.63) is 58.0 Å². The third-order valence-electron chi connectivity index (χ3n) is 3.15. The van der Waals surface area contributed by atoms with Gasteiger partial charge in [0.15, 0.2) is 0 Å². The number of ether oxygens (including phenoxy) is 1. The Balaban J connectivity index is 1.83. The van der Waals surface area contributed by atoms with Crippen LogP contribution in [0.25, 0.3) is 0 Å². The fourth-order valence-electron chi connectivity index (χ4n) is 2.02. The molecule has 1 aromatic heterocycles. The summed E-state index contributed by atoms with van der Waals surface area (Å²) in [6.07, 6.45) is 2.35. The summed E-state index contributed by atoms with van der Waals surface area (Å²) in [7, 11) is 1.35. The number of carbonyl (C=O) groups is 1. The zero-order valence-electron chi connectivity index (χ0n) is 12.1. The minimum absolute atomic E-state index is 0.304. The lowest BCUT2D eigenvalue weighted by Gasteiger charge is -2.12. The van der Waals surface area contributed by atoms with Crippen molar-refractivity contribution in [2.45, 2.75) is 25.9 Å². The zero-order chi connectivity index (χ0) is 15.2. The van der Waals surface area contributed by atoms with E-state index in [1.54, 1.807) is 6.07 Å². The SMILES string of the molecule is COC(=O)c1coc(CNC(C)Cc2ccc(Br)cc2)c1. The third kappa shape index (κ3) is 4.72. The van der Waals surface area contributed by atoms with Crippen molar-refractivity contribution >= 4 is 21.9 Å². The van der Waals surface area contributed by atoms with Gasteiger partial charge in [0.05, 0.1) is 19.2 Å². The highest BCUT2D eigenvalue weighted by Crippen LogP contribution is 2.13. The van der Waals surface area contributed by atoms with Crippen molar-refractivity contribution in [2.75, 3.05) is 7.11 Å². The summed E-state index contributed by atoms with van der Waals surface area (Å²) in [6.45, 7) is 2.70. The summed E-state index contributed by atoms with van der Waals surface area (Å²) in [5.74, 6) is 0.339. The first kappa shape index (κ1) is 15.8. The molecule has 1 heterocycles. The van der Waals surface area contributed by atoms with E-state index < -0.39 is 0 Å². The molecule has 1 aromatic carbocycles. The van der Waals surface area contributed by atoms with Gasteiger partial charge in [-0.2, -0.15) is 0 Å².